The van der Waals surface area contributed by atoms with E-state index in [4.69, 9.17) is 9.88 Å². The second-order valence-corrected chi connectivity index (χ2v) is 12.9. The summed E-state index contributed by atoms with van der Waals surface area (Å²) in [7, 11) is -7.47. The van der Waals surface area contributed by atoms with E-state index in [1.807, 2.05) is 4.57 Å². The molecule has 2 heterocycles. The highest BCUT2D eigenvalue weighted by Gasteiger charge is 2.26. The maximum absolute atomic E-state index is 12.8. The Bertz CT molecular complexity index is 1480. The number of amides is 1. The Morgan fingerprint density at radius 2 is 1.76 bits per heavy atom. The summed E-state index contributed by atoms with van der Waals surface area (Å²) in [6.45, 7) is 4.09. The molecule has 3 aromatic rings. The number of unbranched alkanes of at least 4 members (excludes halogenated alkanes) is 1. The van der Waals surface area contributed by atoms with Crippen LogP contribution in [0.25, 0.3) is 11.0 Å². The number of aryl methyl sites for hydroxylation is 1. The van der Waals surface area contributed by atoms with Gasteiger partial charge in [0.1, 0.15) is 0 Å². The normalized spacial score (nSPS) is 15.2. The van der Waals surface area contributed by atoms with Gasteiger partial charge in [-0.1, -0.05) is 25.1 Å². The Hall–Kier alpha value is -2.49. The molecule has 0 spiro atoms. The number of anilines is 1. The maximum atomic E-state index is 12.8. The van der Waals surface area contributed by atoms with Crippen LogP contribution in [0.5, 0.6) is 0 Å². The molecule has 4 rings (SSSR count). The number of benzene rings is 2. The van der Waals surface area contributed by atoms with Crippen LogP contribution in [-0.4, -0.2) is 68.7 Å². The van der Waals surface area contributed by atoms with Crippen LogP contribution in [0.1, 0.15) is 19.8 Å². The van der Waals surface area contributed by atoms with Crippen molar-refractivity contribution in [2.75, 3.05) is 37.4 Å². The van der Waals surface area contributed by atoms with E-state index in [2.05, 4.69) is 17.2 Å². The van der Waals surface area contributed by atoms with Crippen molar-refractivity contribution in [1.82, 2.24) is 13.9 Å². The standard InChI is InChI=1S/C23H29N5O6S3/c1-2-3-10-28-21-9-8-19(36(24,30)31)15-20(21)26-23(28)35-16-22(29)25-17-4-6-18(7-5-17)37(32,33)27-11-13-34-14-12-27/h4-9,15H,2-3,10-14,16H2,1H3,(H,25,29)(H2,24,30,31). The maximum Gasteiger partial charge on any atom is 0.243 e. The molecule has 37 heavy (non-hydrogen) atoms. The zero-order chi connectivity index (χ0) is 26.6. The predicted octanol–water partition coefficient (Wildman–Crippen LogP) is 2.24. The molecule has 1 aliphatic rings. The third-order valence-electron chi connectivity index (χ3n) is 5.83. The van der Waals surface area contributed by atoms with E-state index in [9.17, 15) is 21.6 Å². The minimum absolute atomic E-state index is 0.0199. The molecule has 0 atom stereocenters. The number of rotatable bonds is 10. The lowest BCUT2D eigenvalue weighted by Gasteiger charge is -2.26. The number of aromatic nitrogens is 2. The quantitative estimate of drug-likeness (QED) is 0.354. The summed E-state index contributed by atoms with van der Waals surface area (Å²) in [5, 5.41) is 8.62. The summed E-state index contributed by atoms with van der Waals surface area (Å²) >= 11 is 1.23. The molecule has 1 amide bonds. The molecular weight excluding hydrogens is 538 g/mol. The molecule has 0 aliphatic carbocycles. The Kier molecular flexibility index (Phi) is 8.56. The predicted molar refractivity (Wildman–Crippen MR) is 141 cm³/mol. The van der Waals surface area contributed by atoms with Crippen molar-refractivity contribution in [3.05, 3.63) is 42.5 Å². The molecule has 0 bridgehead atoms. The van der Waals surface area contributed by atoms with Gasteiger partial charge in [0, 0.05) is 25.3 Å². The number of carbonyl (C=O) groups is 1. The van der Waals surface area contributed by atoms with Crippen LogP contribution in [0.15, 0.2) is 57.4 Å². The molecule has 3 N–H and O–H groups in total. The number of hydrogen-bond donors (Lipinski definition) is 2. The monoisotopic (exact) mass is 567 g/mol. The molecule has 0 radical (unpaired) electrons. The summed E-state index contributed by atoms with van der Waals surface area (Å²) < 4.78 is 57.6. The highest BCUT2D eigenvalue weighted by Crippen LogP contribution is 2.27. The number of hydrogen-bond acceptors (Lipinski definition) is 8. The van der Waals surface area contributed by atoms with Crippen LogP contribution >= 0.6 is 11.8 Å². The van der Waals surface area contributed by atoms with Gasteiger partial charge in [0.25, 0.3) is 0 Å². The van der Waals surface area contributed by atoms with E-state index in [-0.39, 0.29) is 21.5 Å². The number of thioether (sulfide) groups is 1. The van der Waals surface area contributed by atoms with E-state index in [0.29, 0.717) is 49.2 Å². The van der Waals surface area contributed by atoms with Crippen molar-refractivity contribution < 1.29 is 26.4 Å². The van der Waals surface area contributed by atoms with E-state index in [1.54, 1.807) is 18.2 Å². The Balaban J connectivity index is 1.44. The van der Waals surface area contributed by atoms with Gasteiger partial charge in [-0.2, -0.15) is 4.31 Å². The van der Waals surface area contributed by atoms with Crippen LogP contribution in [0.3, 0.4) is 0 Å². The van der Waals surface area contributed by atoms with E-state index in [0.717, 1.165) is 18.4 Å². The zero-order valence-electron chi connectivity index (χ0n) is 20.3. The molecule has 0 saturated carbocycles. The molecular formula is C23H29N5O6S3. The van der Waals surface area contributed by atoms with Crippen LogP contribution < -0.4 is 10.5 Å². The Labute approximate surface area is 220 Å². The van der Waals surface area contributed by atoms with Gasteiger partial charge in [0.15, 0.2) is 5.16 Å². The van der Waals surface area contributed by atoms with E-state index in [1.165, 1.54) is 40.3 Å². The molecule has 200 valence electrons. The van der Waals surface area contributed by atoms with Crippen LogP contribution in [0.4, 0.5) is 5.69 Å². The number of ether oxygens (including phenoxy) is 1. The third kappa shape index (κ3) is 6.51. The average Bonchev–Trinajstić information content (AvgIpc) is 3.23. The number of imidazole rings is 1. The van der Waals surface area contributed by atoms with Gasteiger partial charge in [-0.15, -0.1) is 0 Å². The molecule has 11 nitrogen and oxygen atoms in total. The first-order valence-electron chi connectivity index (χ1n) is 11.7. The lowest BCUT2D eigenvalue weighted by atomic mass is 10.3. The summed E-state index contributed by atoms with van der Waals surface area (Å²) in [5.41, 5.74) is 1.73. The number of carbonyl (C=O) groups excluding carboxylic acids is 1. The highest BCUT2D eigenvalue weighted by atomic mass is 32.2. The summed E-state index contributed by atoms with van der Waals surface area (Å²) in [4.78, 5) is 17.3. The fraction of sp³-hybridized carbons (Fsp3) is 0.391. The Morgan fingerprint density at radius 1 is 1.08 bits per heavy atom. The van der Waals surface area contributed by atoms with Gasteiger partial charge >= 0.3 is 0 Å². The molecule has 1 saturated heterocycles. The van der Waals surface area contributed by atoms with Crippen LogP contribution in [0.2, 0.25) is 0 Å². The van der Waals surface area contributed by atoms with Gasteiger partial charge in [0.05, 0.1) is 39.8 Å². The molecule has 1 fully saturated rings. The minimum atomic E-state index is -3.86. The number of nitrogens with zero attached hydrogens (tertiary/aromatic N) is 3. The Morgan fingerprint density at radius 3 is 2.41 bits per heavy atom. The molecule has 1 aliphatic heterocycles. The number of morpholine rings is 1. The van der Waals surface area contributed by atoms with Crippen molar-refractivity contribution >= 4 is 54.4 Å². The highest BCUT2D eigenvalue weighted by molar-refractivity contribution is 7.99. The van der Waals surface area contributed by atoms with Gasteiger partial charge in [-0.05, 0) is 48.9 Å². The molecule has 14 heteroatoms. The minimum Gasteiger partial charge on any atom is -0.379 e. The van der Waals surface area contributed by atoms with Gasteiger partial charge in [-0.25, -0.2) is 27.0 Å². The zero-order valence-corrected chi connectivity index (χ0v) is 22.7. The lowest BCUT2D eigenvalue weighted by Crippen LogP contribution is -2.40. The first kappa shape index (κ1) is 27.5. The number of sulfonamides is 2. The number of primary sulfonamides is 1. The molecule has 1 aromatic heterocycles. The molecule has 0 unspecified atom stereocenters. The fourth-order valence-corrected chi connectivity index (χ4v) is 6.66. The summed E-state index contributed by atoms with van der Waals surface area (Å²) in [6.07, 6.45) is 1.85. The number of fused-ring (bicyclic) bond motifs is 1. The molecule has 2 aromatic carbocycles. The smallest absolute Gasteiger partial charge is 0.243 e. The van der Waals surface area contributed by atoms with Crippen molar-refractivity contribution in [2.24, 2.45) is 5.14 Å². The third-order valence-corrected chi connectivity index (χ3v) is 9.63. The van der Waals surface area contributed by atoms with Crippen molar-refractivity contribution in [2.45, 2.75) is 41.3 Å². The fourth-order valence-electron chi connectivity index (χ4n) is 3.88. The van der Waals surface area contributed by atoms with E-state index >= 15 is 0 Å². The van der Waals surface area contributed by atoms with Crippen molar-refractivity contribution in [3.63, 3.8) is 0 Å². The second-order valence-electron chi connectivity index (χ2n) is 8.47. The van der Waals surface area contributed by atoms with E-state index < -0.39 is 20.0 Å². The van der Waals surface area contributed by atoms with Gasteiger partial charge in [-0.3, -0.25) is 4.79 Å². The topological polar surface area (TPSA) is 154 Å². The SMILES string of the molecule is CCCCn1c(SCC(=O)Nc2ccc(S(=O)(=O)N3CCOCC3)cc2)nc2cc(S(N)(=O)=O)ccc21. The first-order valence-corrected chi connectivity index (χ1v) is 15.7. The average molecular weight is 568 g/mol. The first-order chi connectivity index (χ1) is 17.6. The number of nitrogens with two attached hydrogens (primary N) is 1. The summed E-state index contributed by atoms with van der Waals surface area (Å²) in [6, 6.07) is 10.6. The van der Waals surface area contributed by atoms with Gasteiger partial charge < -0.3 is 14.6 Å². The lowest BCUT2D eigenvalue weighted by molar-refractivity contribution is -0.113. The van der Waals surface area contributed by atoms with Gasteiger partial charge in [0.2, 0.25) is 26.0 Å². The largest absolute Gasteiger partial charge is 0.379 e. The van der Waals surface area contributed by atoms with Crippen LogP contribution in [-0.2, 0) is 36.1 Å². The summed E-state index contributed by atoms with van der Waals surface area (Å²) in [5.74, 6) is -0.223. The van der Waals surface area contributed by atoms with Crippen molar-refractivity contribution in [1.29, 1.82) is 0 Å². The van der Waals surface area contributed by atoms with Crippen molar-refractivity contribution in [3.8, 4) is 0 Å². The number of nitrogens with one attached hydrogen (secondary N) is 1. The second kappa shape index (κ2) is 11.5. The van der Waals surface area contributed by atoms with Crippen LogP contribution in [0, 0.1) is 0 Å².